The van der Waals surface area contributed by atoms with Gasteiger partial charge in [0.15, 0.2) is 0 Å². The van der Waals surface area contributed by atoms with Crippen molar-refractivity contribution in [3.63, 3.8) is 0 Å². The summed E-state index contributed by atoms with van der Waals surface area (Å²) in [4.78, 5) is 26.0. The Morgan fingerprint density at radius 3 is 2.81 bits per heavy atom. The molecular formula is C16H21FN2O2. The van der Waals surface area contributed by atoms with E-state index < -0.39 is 5.92 Å². The van der Waals surface area contributed by atoms with E-state index in [9.17, 15) is 14.0 Å². The van der Waals surface area contributed by atoms with E-state index in [1.807, 2.05) is 13.8 Å². The van der Waals surface area contributed by atoms with Crippen LogP contribution in [0.3, 0.4) is 0 Å². The Morgan fingerprint density at radius 2 is 2.19 bits per heavy atom. The number of nitrogens with zero attached hydrogens (tertiary/aromatic N) is 1. The first kappa shape index (κ1) is 15.5. The van der Waals surface area contributed by atoms with Crippen molar-refractivity contribution in [1.29, 1.82) is 0 Å². The van der Waals surface area contributed by atoms with Crippen LogP contribution in [0.25, 0.3) is 0 Å². The summed E-state index contributed by atoms with van der Waals surface area (Å²) < 4.78 is 13.3. The van der Waals surface area contributed by atoms with Gasteiger partial charge in [-0.25, -0.2) is 4.39 Å². The van der Waals surface area contributed by atoms with Gasteiger partial charge in [0, 0.05) is 18.8 Å². The molecule has 114 valence electrons. The minimum atomic E-state index is -0.630. The summed E-state index contributed by atoms with van der Waals surface area (Å²) in [5.74, 6) is -0.996. The molecule has 1 heterocycles. The molecule has 1 aromatic carbocycles. The molecule has 1 aromatic rings. The lowest BCUT2D eigenvalue weighted by atomic mass is 10.1. The summed E-state index contributed by atoms with van der Waals surface area (Å²) in [6, 6.07) is 4.57. The van der Waals surface area contributed by atoms with Crippen LogP contribution in [-0.2, 0) is 9.59 Å². The van der Waals surface area contributed by atoms with Crippen LogP contribution in [0, 0.1) is 24.6 Å². The molecule has 2 rings (SSSR count). The molecule has 0 unspecified atom stereocenters. The lowest BCUT2D eigenvalue weighted by Crippen LogP contribution is -2.38. The normalized spacial score (nSPS) is 18.4. The minimum Gasteiger partial charge on any atom is -0.355 e. The van der Waals surface area contributed by atoms with Crippen LogP contribution in [0.2, 0.25) is 0 Å². The van der Waals surface area contributed by atoms with Crippen molar-refractivity contribution in [2.75, 3.05) is 18.0 Å². The summed E-state index contributed by atoms with van der Waals surface area (Å²) in [6.07, 6.45) is 0.499. The zero-order chi connectivity index (χ0) is 15.6. The number of halogens is 1. The zero-order valence-corrected chi connectivity index (χ0v) is 12.6. The summed E-state index contributed by atoms with van der Waals surface area (Å²) >= 11 is 0. The predicted molar refractivity (Wildman–Crippen MR) is 79.4 cm³/mol. The first-order valence-corrected chi connectivity index (χ1v) is 7.25. The summed E-state index contributed by atoms with van der Waals surface area (Å²) in [5, 5.41) is 2.80. The van der Waals surface area contributed by atoms with Gasteiger partial charge in [-0.05, 0) is 43.0 Å². The molecule has 1 saturated heterocycles. The van der Waals surface area contributed by atoms with Gasteiger partial charge in [0.25, 0.3) is 0 Å². The molecule has 0 aromatic heterocycles. The maximum atomic E-state index is 13.3. The Morgan fingerprint density at radius 1 is 1.48 bits per heavy atom. The number of hydrogen-bond donors (Lipinski definition) is 1. The predicted octanol–water partition coefficient (Wildman–Crippen LogP) is 2.26. The topological polar surface area (TPSA) is 49.4 Å². The van der Waals surface area contributed by atoms with E-state index in [4.69, 9.17) is 0 Å². The van der Waals surface area contributed by atoms with Crippen molar-refractivity contribution in [2.24, 2.45) is 11.8 Å². The Labute approximate surface area is 124 Å². The van der Waals surface area contributed by atoms with Gasteiger partial charge in [0.2, 0.25) is 11.8 Å². The first-order chi connectivity index (χ1) is 9.90. The Kier molecular flexibility index (Phi) is 4.60. The smallest absolute Gasteiger partial charge is 0.239 e. The molecule has 0 radical (unpaired) electrons. The Bertz CT molecular complexity index is 557. The maximum Gasteiger partial charge on any atom is 0.239 e. The van der Waals surface area contributed by atoms with Crippen molar-refractivity contribution in [3.05, 3.63) is 29.6 Å². The van der Waals surface area contributed by atoms with Crippen LogP contribution in [-0.4, -0.2) is 24.9 Å². The van der Waals surface area contributed by atoms with Crippen molar-refractivity contribution >= 4 is 17.5 Å². The fraction of sp³-hybridized carbons (Fsp3) is 0.500. The van der Waals surface area contributed by atoms with Crippen molar-refractivity contribution < 1.29 is 14.0 Å². The minimum absolute atomic E-state index is 0.206. The van der Waals surface area contributed by atoms with Gasteiger partial charge in [-0.3, -0.25) is 9.59 Å². The highest BCUT2D eigenvalue weighted by molar-refractivity contribution is 6.09. The maximum absolute atomic E-state index is 13.3. The molecule has 0 bridgehead atoms. The van der Waals surface area contributed by atoms with Crippen LogP contribution >= 0.6 is 0 Å². The molecule has 0 aliphatic carbocycles. The number of rotatable bonds is 4. The van der Waals surface area contributed by atoms with E-state index in [0.29, 0.717) is 36.7 Å². The molecule has 4 nitrogen and oxygen atoms in total. The van der Waals surface area contributed by atoms with Crippen LogP contribution < -0.4 is 10.2 Å². The number of carbonyl (C=O) groups excluding carboxylic acids is 2. The third-order valence-electron chi connectivity index (χ3n) is 3.66. The highest BCUT2D eigenvalue weighted by atomic mass is 19.1. The number of anilines is 1. The number of benzene rings is 1. The van der Waals surface area contributed by atoms with E-state index >= 15 is 0 Å². The number of aryl methyl sites for hydroxylation is 1. The highest BCUT2D eigenvalue weighted by Crippen LogP contribution is 2.26. The molecule has 21 heavy (non-hydrogen) atoms. The van der Waals surface area contributed by atoms with Gasteiger partial charge in [0.05, 0.1) is 0 Å². The second kappa shape index (κ2) is 6.24. The molecule has 1 aliphatic rings. The highest BCUT2D eigenvalue weighted by Gasteiger charge is 2.37. The van der Waals surface area contributed by atoms with Crippen LogP contribution in [0.1, 0.15) is 25.8 Å². The lowest BCUT2D eigenvalue weighted by molar-refractivity contribution is -0.132. The number of hydrogen-bond acceptors (Lipinski definition) is 2. The molecule has 1 aliphatic heterocycles. The Hall–Kier alpha value is -1.91. The standard InChI is InChI=1S/C16H21FN2O2/c1-10(2)9-18-15(20)13-6-7-19(16(13)21)12-4-5-14(17)11(3)8-12/h4-5,8,10,13H,6-7,9H2,1-3H3,(H,18,20)/t13-/m0/s1. The van der Waals surface area contributed by atoms with Crippen LogP contribution in [0.15, 0.2) is 18.2 Å². The molecular weight excluding hydrogens is 271 g/mol. The van der Waals surface area contributed by atoms with Gasteiger partial charge in [-0.2, -0.15) is 0 Å². The third-order valence-corrected chi connectivity index (χ3v) is 3.66. The number of nitrogens with one attached hydrogen (secondary N) is 1. The molecule has 2 amide bonds. The third kappa shape index (κ3) is 3.40. The summed E-state index contributed by atoms with van der Waals surface area (Å²) in [5.41, 5.74) is 1.14. The van der Waals surface area contributed by atoms with Crippen molar-refractivity contribution in [3.8, 4) is 0 Å². The van der Waals surface area contributed by atoms with E-state index in [-0.39, 0.29) is 17.6 Å². The zero-order valence-electron chi connectivity index (χ0n) is 12.6. The summed E-state index contributed by atoms with van der Waals surface area (Å²) in [6.45, 7) is 6.73. The number of carbonyl (C=O) groups is 2. The van der Waals surface area contributed by atoms with Crippen LogP contribution in [0.4, 0.5) is 10.1 Å². The second-order valence-electron chi connectivity index (χ2n) is 5.90. The molecule has 1 N–H and O–H groups in total. The average molecular weight is 292 g/mol. The SMILES string of the molecule is Cc1cc(N2CC[C@@H](C(=O)NCC(C)C)C2=O)ccc1F. The average Bonchev–Trinajstić information content (AvgIpc) is 2.81. The van der Waals surface area contributed by atoms with E-state index in [2.05, 4.69) is 5.32 Å². The van der Waals surface area contributed by atoms with Crippen molar-refractivity contribution in [1.82, 2.24) is 5.32 Å². The summed E-state index contributed by atoms with van der Waals surface area (Å²) in [7, 11) is 0. The fourth-order valence-corrected chi connectivity index (χ4v) is 2.40. The van der Waals surface area contributed by atoms with Gasteiger partial charge < -0.3 is 10.2 Å². The van der Waals surface area contributed by atoms with Gasteiger partial charge in [-0.1, -0.05) is 13.8 Å². The lowest BCUT2D eigenvalue weighted by Gasteiger charge is -2.17. The monoisotopic (exact) mass is 292 g/mol. The van der Waals surface area contributed by atoms with Gasteiger partial charge in [-0.15, -0.1) is 0 Å². The quantitative estimate of drug-likeness (QED) is 0.865. The van der Waals surface area contributed by atoms with E-state index in [1.54, 1.807) is 24.0 Å². The number of amides is 2. The largest absolute Gasteiger partial charge is 0.355 e. The Balaban J connectivity index is 2.07. The first-order valence-electron chi connectivity index (χ1n) is 7.25. The molecule has 0 saturated carbocycles. The molecule has 1 atom stereocenters. The van der Waals surface area contributed by atoms with E-state index in [0.717, 1.165) is 0 Å². The van der Waals surface area contributed by atoms with Crippen molar-refractivity contribution in [2.45, 2.75) is 27.2 Å². The molecule has 5 heteroatoms. The van der Waals surface area contributed by atoms with Crippen LogP contribution in [0.5, 0.6) is 0 Å². The molecule has 1 fully saturated rings. The second-order valence-corrected chi connectivity index (χ2v) is 5.90. The van der Waals surface area contributed by atoms with Gasteiger partial charge >= 0.3 is 0 Å². The van der Waals surface area contributed by atoms with Gasteiger partial charge in [0.1, 0.15) is 11.7 Å². The van der Waals surface area contributed by atoms with E-state index in [1.165, 1.54) is 6.07 Å². The fourth-order valence-electron chi connectivity index (χ4n) is 2.40. The molecule has 0 spiro atoms.